The molecular formula is C30H39N3O4S. The predicted octanol–water partition coefficient (Wildman–Crippen LogP) is 3.47. The summed E-state index contributed by atoms with van der Waals surface area (Å²) in [5.74, 6) is -1.32. The molecular weight excluding hydrogens is 498 g/mol. The smallest absolute Gasteiger partial charge is 0.251 e. The summed E-state index contributed by atoms with van der Waals surface area (Å²) < 4.78 is -1.39. The van der Waals surface area contributed by atoms with Crippen molar-refractivity contribution in [1.82, 2.24) is 9.80 Å². The van der Waals surface area contributed by atoms with Gasteiger partial charge in [-0.05, 0) is 50.8 Å². The van der Waals surface area contributed by atoms with Crippen LogP contribution in [0, 0.1) is 25.7 Å². The quantitative estimate of drug-likeness (QED) is 0.426. The van der Waals surface area contributed by atoms with E-state index in [1.54, 1.807) is 28.6 Å². The Labute approximate surface area is 229 Å². The van der Waals surface area contributed by atoms with E-state index in [4.69, 9.17) is 5.11 Å². The Morgan fingerprint density at radius 1 is 0.947 bits per heavy atom. The number of aliphatic hydroxyl groups is 1. The van der Waals surface area contributed by atoms with Gasteiger partial charge in [-0.2, -0.15) is 0 Å². The first-order valence-corrected chi connectivity index (χ1v) is 14.6. The number of carbonyl (C=O) groups excluding carboxylic acids is 3. The third-order valence-electron chi connectivity index (χ3n) is 8.72. The van der Waals surface area contributed by atoms with Gasteiger partial charge in [0, 0.05) is 43.7 Å². The minimum atomic E-state index is -0.816. The van der Waals surface area contributed by atoms with Crippen LogP contribution in [-0.2, 0) is 14.4 Å². The van der Waals surface area contributed by atoms with E-state index < -0.39 is 27.4 Å². The van der Waals surface area contributed by atoms with Crippen LogP contribution in [0.3, 0.4) is 0 Å². The second-order valence-electron chi connectivity index (χ2n) is 11.4. The number of thioether (sulfide) groups is 1. The Bertz CT molecular complexity index is 1200. The summed E-state index contributed by atoms with van der Waals surface area (Å²) in [7, 11) is 1.79. The predicted molar refractivity (Wildman–Crippen MR) is 151 cm³/mol. The number of nitrogens with zero attached hydrogens (tertiary/aromatic N) is 3. The number of fused-ring (bicyclic) bond motifs is 2. The van der Waals surface area contributed by atoms with Crippen molar-refractivity contribution in [3.63, 3.8) is 0 Å². The van der Waals surface area contributed by atoms with Crippen molar-refractivity contribution in [1.29, 1.82) is 0 Å². The van der Waals surface area contributed by atoms with Crippen molar-refractivity contribution in [3.05, 3.63) is 53.6 Å². The molecule has 5 rings (SSSR count). The molecule has 204 valence electrons. The lowest BCUT2D eigenvalue weighted by molar-refractivity contribution is -0.143. The van der Waals surface area contributed by atoms with Crippen molar-refractivity contribution in [3.8, 4) is 0 Å². The standard InChI is InChI=1S/C30H39N3O4S/c1-20-11-12-21(2)22(19-20)32-17-10-14-30-24(23-26(35)31(4)15-9-13-29(23,3)38-30)27(36)33(25(30)28(32)37)16-7-5-6-8-18-34/h9-14,19,23-25,34H,5-8,15-18H2,1-4H3/t23-,24-,25?,29+,30-/m0/s1. The van der Waals surface area contributed by atoms with E-state index in [2.05, 4.69) is 19.1 Å². The number of hydrogen-bond donors (Lipinski definition) is 1. The van der Waals surface area contributed by atoms with Crippen LogP contribution in [0.25, 0.3) is 0 Å². The van der Waals surface area contributed by atoms with Crippen molar-refractivity contribution >= 4 is 35.2 Å². The van der Waals surface area contributed by atoms with Gasteiger partial charge < -0.3 is 19.8 Å². The summed E-state index contributed by atoms with van der Waals surface area (Å²) in [6.07, 6.45) is 11.5. The van der Waals surface area contributed by atoms with Crippen molar-refractivity contribution < 1.29 is 19.5 Å². The lowest BCUT2D eigenvalue weighted by Gasteiger charge is -2.37. The highest BCUT2D eigenvalue weighted by Crippen LogP contribution is 2.65. The normalized spacial score (nSPS) is 32.4. The summed E-state index contributed by atoms with van der Waals surface area (Å²) in [6, 6.07) is 5.44. The first-order valence-electron chi connectivity index (χ1n) is 13.7. The molecule has 1 unspecified atom stereocenters. The highest BCUT2D eigenvalue weighted by Gasteiger charge is 2.73. The molecule has 1 spiro atoms. The largest absolute Gasteiger partial charge is 0.396 e. The summed E-state index contributed by atoms with van der Waals surface area (Å²) >= 11 is 1.63. The molecule has 4 aliphatic rings. The number of aliphatic hydroxyl groups excluding tert-OH is 1. The van der Waals surface area contributed by atoms with E-state index in [1.807, 2.05) is 49.1 Å². The molecule has 0 radical (unpaired) electrons. The summed E-state index contributed by atoms with van der Waals surface area (Å²) in [4.78, 5) is 47.9. The number of unbranched alkanes of at least 4 members (excludes halogenated alkanes) is 3. The van der Waals surface area contributed by atoms with Gasteiger partial charge in [-0.15, -0.1) is 11.8 Å². The minimum Gasteiger partial charge on any atom is -0.396 e. The number of likely N-dealkylation sites (tertiary alicyclic amines) is 1. The van der Waals surface area contributed by atoms with Crippen LogP contribution in [0.2, 0.25) is 0 Å². The molecule has 5 atom stereocenters. The first kappa shape index (κ1) is 27.0. The molecule has 1 N–H and O–H groups in total. The Morgan fingerprint density at radius 2 is 1.68 bits per heavy atom. The molecule has 2 fully saturated rings. The van der Waals surface area contributed by atoms with Crippen LogP contribution >= 0.6 is 11.8 Å². The molecule has 0 bridgehead atoms. The van der Waals surface area contributed by atoms with E-state index in [0.717, 1.165) is 42.5 Å². The summed E-state index contributed by atoms with van der Waals surface area (Å²) in [6.45, 7) is 7.66. The zero-order valence-electron chi connectivity index (χ0n) is 22.9. The van der Waals surface area contributed by atoms with E-state index in [-0.39, 0.29) is 24.3 Å². The zero-order chi connectivity index (χ0) is 27.2. The van der Waals surface area contributed by atoms with Crippen molar-refractivity contribution in [2.45, 2.75) is 62.0 Å². The van der Waals surface area contributed by atoms with Crippen LogP contribution in [0.4, 0.5) is 5.69 Å². The number of rotatable bonds is 7. The lowest BCUT2D eigenvalue weighted by atomic mass is 9.74. The van der Waals surface area contributed by atoms with E-state index in [1.165, 1.54) is 0 Å². The molecule has 4 heterocycles. The van der Waals surface area contributed by atoms with Gasteiger partial charge in [0.15, 0.2) is 0 Å². The fraction of sp³-hybridized carbons (Fsp3) is 0.567. The third-order valence-corrected chi connectivity index (χ3v) is 10.5. The number of amides is 3. The van der Waals surface area contributed by atoms with E-state index in [9.17, 15) is 14.4 Å². The van der Waals surface area contributed by atoms with E-state index in [0.29, 0.717) is 19.6 Å². The summed E-state index contributed by atoms with van der Waals surface area (Å²) in [5, 5.41) is 9.16. The van der Waals surface area contributed by atoms with Gasteiger partial charge >= 0.3 is 0 Å². The molecule has 7 nitrogen and oxygen atoms in total. The van der Waals surface area contributed by atoms with Gasteiger partial charge in [-0.3, -0.25) is 14.4 Å². The van der Waals surface area contributed by atoms with Crippen LogP contribution < -0.4 is 4.90 Å². The van der Waals surface area contributed by atoms with Gasteiger partial charge in [0.25, 0.3) is 5.91 Å². The molecule has 1 aromatic carbocycles. The maximum Gasteiger partial charge on any atom is 0.251 e. The van der Waals surface area contributed by atoms with Gasteiger partial charge in [0.05, 0.1) is 16.6 Å². The highest BCUT2D eigenvalue weighted by molar-refractivity contribution is 8.02. The maximum atomic E-state index is 14.6. The molecule has 1 aromatic rings. The number of benzene rings is 1. The molecule has 2 saturated heterocycles. The Balaban J connectivity index is 1.59. The highest BCUT2D eigenvalue weighted by atomic mass is 32.2. The number of carbonyl (C=O) groups is 3. The molecule has 8 heteroatoms. The second-order valence-corrected chi connectivity index (χ2v) is 13.2. The fourth-order valence-electron chi connectivity index (χ4n) is 6.86. The lowest BCUT2D eigenvalue weighted by Crippen LogP contribution is -2.53. The molecule has 3 amide bonds. The monoisotopic (exact) mass is 537 g/mol. The molecule has 0 aromatic heterocycles. The molecule has 0 saturated carbocycles. The average Bonchev–Trinajstić information content (AvgIpc) is 3.15. The van der Waals surface area contributed by atoms with Gasteiger partial charge in [0.2, 0.25) is 11.8 Å². The van der Waals surface area contributed by atoms with Gasteiger partial charge in [-0.25, -0.2) is 0 Å². The number of hydrogen-bond acceptors (Lipinski definition) is 5. The first-order chi connectivity index (χ1) is 18.1. The summed E-state index contributed by atoms with van der Waals surface area (Å²) in [5.41, 5.74) is 2.96. The Hall–Kier alpha value is -2.58. The van der Waals surface area contributed by atoms with Crippen molar-refractivity contribution in [2.24, 2.45) is 11.8 Å². The third kappa shape index (κ3) is 4.20. The molecule has 0 aliphatic carbocycles. The van der Waals surface area contributed by atoms with Crippen LogP contribution in [-0.4, -0.2) is 81.5 Å². The zero-order valence-corrected chi connectivity index (χ0v) is 23.7. The number of aryl methyl sites for hydroxylation is 2. The maximum absolute atomic E-state index is 14.6. The molecule has 4 aliphatic heterocycles. The second kappa shape index (κ2) is 10.2. The minimum absolute atomic E-state index is 0.0275. The topological polar surface area (TPSA) is 81.2 Å². The van der Waals surface area contributed by atoms with E-state index >= 15 is 0 Å². The van der Waals surface area contributed by atoms with Crippen LogP contribution in [0.15, 0.2) is 42.5 Å². The Morgan fingerprint density at radius 3 is 2.45 bits per heavy atom. The van der Waals surface area contributed by atoms with Crippen molar-refractivity contribution in [2.75, 3.05) is 38.2 Å². The van der Waals surface area contributed by atoms with Crippen LogP contribution in [0.1, 0.15) is 43.7 Å². The molecule has 38 heavy (non-hydrogen) atoms. The van der Waals surface area contributed by atoms with Gasteiger partial charge in [0.1, 0.15) is 6.04 Å². The fourth-order valence-corrected chi connectivity index (χ4v) is 9.01. The number of anilines is 1. The average molecular weight is 538 g/mol. The number of likely N-dealkylation sites (N-methyl/N-ethyl adjacent to an activating group) is 1. The Kier molecular flexibility index (Phi) is 7.24. The SMILES string of the molecule is Cc1ccc(C)c(N2CC=C[C@]34S[C@]5(C)C=CCN(C)C(=O)[C@@H]5[C@H]3C(=O)N(CCCCCCO)C4C2=O)c1. The van der Waals surface area contributed by atoms with Gasteiger partial charge in [-0.1, -0.05) is 49.3 Å². The van der Waals surface area contributed by atoms with Crippen LogP contribution in [0.5, 0.6) is 0 Å².